The number of H-pyrrole nitrogens is 2. The van der Waals surface area contributed by atoms with Crippen LogP contribution in [-0.2, 0) is 29.9 Å². The first-order chi connectivity index (χ1) is 26.2. The Labute approximate surface area is 311 Å². The molecule has 0 aliphatic carbocycles. The fraction of sp³-hybridized carbons (Fsp3) is 0.209. The van der Waals surface area contributed by atoms with Crippen LogP contribution < -0.4 is 0 Å². The molecular weight excluding hydrogens is 679 g/mol. The lowest BCUT2D eigenvalue weighted by Gasteiger charge is -2.35. The summed E-state index contributed by atoms with van der Waals surface area (Å²) in [6, 6.07) is 30.4. The molecule has 54 heavy (non-hydrogen) atoms. The van der Waals surface area contributed by atoms with Crippen LogP contribution in [0.15, 0.2) is 84.9 Å². The van der Waals surface area contributed by atoms with E-state index in [-0.39, 0.29) is 26.3 Å². The predicted molar refractivity (Wildman–Crippen MR) is 204 cm³/mol. The number of nitrogens with zero attached hydrogens (tertiary/aromatic N) is 5. The van der Waals surface area contributed by atoms with Crippen LogP contribution in [0.1, 0.15) is 47.8 Å². The number of rotatable bonds is 6. The van der Waals surface area contributed by atoms with Crippen LogP contribution in [-0.4, -0.2) is 70.1 Å². The second-order valence-electron chi connectivity index (χ2n) is 13.6. The largest absolute Gasteiger partial charge is 0.465 e. The van der Waals surface area contributed by atoms with E-state index in [0.29, 0.717) is 44.9 Å². The Morgan fingerprint density at radius 1 is 0.685 bits per heavy atom. The van der Waals surface area contributed by atoms with Gasteiger partial charge >= 0.3 is 11.9 Å². The van der Waals surface area contributed by atoms with E-state index in [1.165, 1.54) is 0 Å². The molecule has 8 bridgehead atoms. The van der Waals surface area contributed by atoms with Gasteiger partial charge in [-0.2, -0.15) is 10.5 Å². The Hall–Kier alpha value is -6.82. The van der Waals surface area contributed by atoms with Crippen molar-refractivity contribution in [3.8, 4) is 34.4 Å². The molecule has 0 radical (unpaired) electrons. The number of nitrogens with one attached hydrogen (secondary N) is 2. The van der Waals surface area contributed by atoms with E-state index in [1.54, 1.807) is 38.1 Å². The summed E-state index contributed by atoms with van der Waals surface area (Å²) in [6.45, 7) is 4.09. The highest BCUT2D eigenvalue weighted by molar-refractivity contribution is 6.00. The Bertz CT molecular complexity index is 2450. The summed E-state index contributed by atoms with van der Waals surface area (Å²) < 4.78 is 11.6. The van der Waals surface area contributed by atoms with Gasteiger partial charge in [0, 0.05) is 46.3 Å². The summed E-state index contributed by atoms with van der Waals surface area (Å²) >= 11 is 0. The molecule has 2 N–H and O–H groups in total. The van der Waals surface area contributed by atoms with E-state index in [4.69, 9.17) is 19.4 Å². The van der Waals surface area contributed by atoms with Crippen LogP contribution in [0.4, 0.5) is 0 Å². The normalized spacial score (nSPS) is 18.8. The van der Waals surface area contributed by atoms with Crippen molar-refractivity contribution in [2.75, 3.05) is 33.4 Å². The quantitative estimate of drug-likeness (QED) is 0.177. The van der Waals surface area contributed by atoms with E-state index in [1.807, 2.05) is 84.8 Å². The number of ether oxygens (including phenoxy) is 2. The molecule has 1 saturated heterocycles. The Kier molecular flexibility index (Phi) is 8.44. The smallest absolute Gasteiger partial charge is 0.321 e. The summed E-state index contributed by atoms with van der Waals surface area (Å²) in [6.07, 6.45) is 3.93. The van der Waals surface area contributed by atoms with Crippen LogP contribution >= 0.6 is 0 Å². The third-order valence-corrected chi connectivity index (χ3v) is 10.4. The molecule has 2 aromatic carbocycles. The minimum atomic E-state index is -1.51. The van der Waals surface area contributed by atoms with Gasteiger partial charge in [0.15, 0.2) is 0 Å². The van der Waals surface area contributed by atoms with Crippen molar-refractivity contribution in [1.29, 1.82) is 10.5 Å². The SMILES string of the molecule is CCOC(=O)[C@]12CN(C)C[C@@]1(C(=O)OCC)c1cc3ccc([nH]3)c(-c3ccc(C#N)cc3)c3nc(c(-c4ccc(C#N)cc4)c4ccc(cc2n1)[nH]4)C=C3. The zero-order valence-electron chi connectivity index (χ0n) is 29.9. The number of carbonyl (C=O) groups is 2. The topological polar surface area (TPSA) is 161 Å². The molecule has 3 aliphatic heterocycles. The second kappa shape index (κ2) is 13.3. The molecule has 11 heteroatoms. The monoisotopic (exact) mass is 713 g/mol. The summed E-state index contributed by atoms with van der Waals surface area (Å²) in [4.78, 5) is 48.2. The van der Waals surface area contributed by atoms with Gasteiger partial charge in [-0.25, -0.2) is 4.98 Å². The van der Waals surface area contributed by atoms with Crippen molar-refractivity contribution in [2.24, 2.45) is 0 Å². The van der Waals surface area contributed by atoms with Crippen molar-refractivity contribution in [3.63, 3.8) is 0 Å². The number of nitriles is 2. The molecule has 0 amide bonds. The predicted octanol–water partition coefficient (Wildman–Crippen LogP) is 6.81. The maximum absolute atomic E-state index is 14.4. The van der Waals surface area contributed by atoms with Gasteiger partial charge in [0.1, 0.15) is 10.8 Å². The number of hydrogen-bond acceptors (Lipinski definition) is 9. The minimum absolute atomic E-state index is 0.119. The van der Waals surface area contributed by atoms with Crippen molar-refractivity contribution >= 4 is 46.2 Å². The van der Waals surface area contributed by atoms with Gasteiger partial charge in [-0.3, -0.25) is 14.6 Å². The highest BCUT2D eigenvalue weighted by atomic mass is 16.5. The molecule has 3 aromatic heterocycles. The van der Waals surface area contributed by atoms with E-state index >= 15 is 0 Å². The number of carbonyl (C=O) groups excluding carboxylic acids is 2. The van der Waals surface area contributed by atoms with Crippen LogP contribution in [0.3, 0.4) is 0 Å². The molecule has 0 saturated carbocycles. The number of likely N-dealkylation sites (N-methyl/N-ethyl adjacent to an activating group) is 1. The van der Waals surface area contributed by atoms with Crippen LogP contribution in [0, 0.1) is 22.7 Å². The molecule has 6 heterocycles. The Morgan fingerprint density at radius 2 is 1.11 bits per heavy atom. The van der Waals surface area contributed by atoms with E-state index in [9.17, 15) is 20.1 Å². The van der Waals surface area contributed by atoms with Crippen molar-refractivity contribution in [3.05, 3.63) is 119 Å². The molecule has 5 aromatic rings. The van der Waals surface area contributed by atoms with E-state index in [0.717, 1.165) is 33.3 Å². The van der Waals surface area contributed by atoms with Gasteiger partial charge in [0.2, 0.25) is 0 Å². The maximum Gasteiger partial charge on any atom is 0.321 e. The first-order valence-corrected chi connectivity index (χ1v) is 17.7. The summed E-state index contributed by atoms with van der Waals surface area (Å²) in [5.41, 5.74) is 6.22. The zero-order chi connectivity index (χ0) is 37.6. The first kappa shape index (κ1) is 34.3. The standard InChI is InChI=1S/C43H35N7O4/c1-4-53-40(51)42-24-50(3)25-43(42,41(52)54-5-2)37-21-31-15-17-33(47-31)39(29-12-8-27(23-45)9-13-29)35-19-18-34(48-35)38(28-10-6-26(22-44)7-11-28)32-16-14-30(46-32)20-36(42)49-37/h6-21,46-47H,4-5,24-25H2,1-3H3/t42-,43+. The molecule has 1 fully saturated rings. The Morgan fingerprint density at radius 3 is 1.50 bits per heavy atom. The molecule has 0 unspecified atom stereocenters. The molecule has 8 rings (SSSR count). The number of aromatic nitrogens is 4. The lowest BCUT2D eigenvalue weighted by atomic mass is 9.63. The fourth-order valence-electron chi connectivity index (χ4n) is 8.09. The van der Waals surface area contributed by atoms with Gasteiger partial charge in [-0.1, -0.05) is 24.3 Å². The maximum atomic E-state index is 14.4. The van der Waals surface area contributed by atoms with Gasteiger partial charge in [0.05, 0.1) is 59.3 Å². The highest BCUT2D eigenvalue weighted by Gasteiger charge is 2.73. The molecule has 2 atom stereocenters. The molecule has 11 nitrogen and oxygen atoms in total. The van der Waals surface area contributed by atoms with E-state index in [2.05, 4.69) is 22.1 Å². The van der Waals surface area contributed by atoms with Crippen molar-refractivity contribution in [1.82, 2.24) is 24.8 Å². The summed E-state index contributed by atoms with van der Waals surface area (Å²) in [5.74, 6) is -1.10. The van der Waals surface area contributed by atoms with Crippen molar-refractivity contribution in [2.45, 2.75) is 24.7 Å². The summed E-state index contributed by atoms with van der Waals surface area (Å²) in [7, 11) is 1.87. The van der Waals surface area contributed by atoms with Gasteiger partial charge < -0.3 is 24.3 Å². The van der Waals surface area contributed by atoms with Crippen LogP contribution in [0.25, 0.3) is 56.5 Å². The third-order valence-electron chi connectivity index (χ3n) is 10.4. The van der Waals surface area contributed by atoms with Gasteiger partial charge in [0.25, 0.3) is 0 Å². The average molecular weight is 714 g/mol. The van der Waals surface area contributed by atoms with Gasteiger partial charge in [-0.15, -0.1) is 0 Å². The molecule has 0 spiro atoms. The number of fused-ring (bicyclic) bond motifs is 11. The van der Waals surface area contributed by atoms with E-state index < -0.39 is 22.8 Å². The fourth-order valence-corrected chi connectivity index (χ4v) is 8.09. The lowest BCUT2D eigenvalue weighted by Crippen LogP contribution is -2.56. The number of aromatic amines is 2. The third kappa shape index (κ3) is 5.28. The minimum Gasteiger partial charge on any atom is -0.465 e. The first-order valence-electron chi connectivity index (χ1n) is 17.7. The number of hydrogen-bond donors (Lipinski definition) is 2. The Balaban J connectivity index is 1.53. The van der Waals surface area contributed by atoms with Crippen LogP contribution in [0.2, 0.25) is 0 Å². The van der Waals surface area contributed by atoms with Crippen molar-refractivity contribution < 1.29 is 19.1 Å². The summed E-state index contributed by atoms with van der Waals surface area (Å²) in [5, 5.41) is 19.1. The lowest BCUT2D eigenvalue weighted by molar-refractivity contribution is -0.162. The van der Waals surface area contributed by atoms with Crippen LogP contribution in [0.5, 0.6) is 0 Å². The molecular formula is C43H35N7O4. The average Bonchev–Trinajstić information content (AvgIpc) is 4.02. The zero-order valence-corrected chi connectivity index (χ0v) is 29.9. The number of likely N-dealkylation sites (tertiary alicyclic amines) is 1. The molecule has 266 valence electrons. The highest BCUT2D eigenvalue weighted by Crippen LogP contribution is 2.54. The van der Waals surface area contributed by atoms with Gasteiger partial charge in [-0.05, 0) is 105 Å². The number of esters is 2. The molecule has 3 aliphatic rings. The second-order valence-corrected chi connectivity index (χ2v) is 13.6. The number of benzene rings is 2.